The summed E-state index contributed by atoms with van der Waals surface area (Å²) < 4.78 is 2.10. The number of hydrogen-bond acceptors (Lipinski definition) is 2. The third-order valence-corrected chi connectivity index (χ3v) is 2.65. The predicted octanol–water partition coefficient (Wildman–Crippen LogP) is 2.26. The maximum atomic E-state index is 5.88. The van der Waals surface area contributed by atoms with Crippen LogP contribution in [0, 0.1) is 6.92 Å². The molecule has 16 heavy (non-hydrogen) atoms. The Bertz CT molecular complexity index is 472. The van der Waals surface area contributed by atoms with Gasteiger partial charge in [0.1, 0.15) is 0 Å². The molecule has 2 aromatic rings. The molecular weight excluding hydrogens is 198 g/mol. The Kier molecular flexibility index (Phi) is 3.06. The highest BCUT2D eigenvalue weighted by molar-refractivity contribution is 5.23. The lowest BCUT2D eigenvalue weighted by atomic mass is 10.1. The maximum Gasteiger partial charge on any atom is 0.0951 e. The van der Waals surface area contributed by atoms with Gasteiger partial charge in [0.25, 0.3) is 0 Å². The molecule has 0 fully saturated rings. The van der Waals surface area contributed by atoms with Crippen molar-refractivity contribution in [3.05, 3.63) is 53.6 Å². The standard InChI is InChI=1S/C13H17N3/c1-10-4-3-5-12(6-10)8-16-9-15-7-13(16)11(2)14/h3-7,9,11H,8,14H2,1-2H3. The van der Waals surface area contributed by atoms with Crippen molar-refractivity contribution in [1.82, 2.24) is 9.55 Å². The molecule has 3 nitrogen and oxygen atoms in total. The van der Waals surface area contributed by atoms with Crippen molar-refractivity contribution in [3.8, 4) is 0 Å². The van der Waals surface area contributed by atoms with Gasteiger partial charge < -0.3 is 10.3 Å². The zero-order valence-corrected chi connectivity index (χ0v) is 9.72. The van der Waals surface area contributed by atoms with E-state index in [2.05, 4.69) is 40.7 Å². The summed E-state index contributed by atoms with van der Waals surface area (Å²) in [5, 5.41) is 0. The molecule has 1 aromatic heterocycles. The lowest BCUT2D eigenvalue weighted by Crippen LogP contribution is -2.12. The predicted molar refractivity (Wildman–Crippen MR) is 65.1 cm³/mol. The Balaban J connectivity index is 2.24. The molecular formula is C13H17N3. The molecule has 2 N–H and O–H groups in total. The van der Waals surface area contributed by atoms with Gasteiger partial charge >= 0.3 is 0 Å². The average molecular weight is 215 g/mol. The van der Waals surface area contributed by atoms with Gasteiger partial charge in [-0.05, 0) is 19.4 Å². The zero-order chi connectivity index (χ0) is 11.5. The first kappa shape index (κ1) is 10.9. The SMILES string of the molecule is Cc1cccc(Cn2cncc2C(C)N)c1. The fourth-order valence-electron chi connectivity index (χ4n) is 1.85. The van der Waals surface area contributed by atoms with Crippen LogP contribution in [0.4, 0.5) is 0 Å². The first-order valence-corrected chi connectivity index (χ1v) is 5.48. The fourth-order valence-corrected chi connectivity index (χ4v) is 1.85. The molecule has 0 aliphatic heterocycles. The highest BCUT2D eigenvalue weighted by atomic mass is 15.1. The third kappa shape index (κ3) is 2.31. The number of aromatic nitrogens is 2. The van der Waals surface area contributed by atoms with E-state index in [0.29, 0.717) is 0 Å². The van der Waals surface area contributed by atoms with Crippen molar-refractivity contribution in [3.63, 3.8) is 0 Å². The zero-order valence-electron chi connectivity index (χ0n) is 9.72. The molecule has 1 heterocycles. The van der Waals surface area contributed by atoms with Gasteiger partial charge in [0.05, 0.1) is 12.0 Å². The minimum atomic E-state index is 0.0207. The van der Waals surface area contributed by atoms with Crippen molar-refractivity contribution in [1.29, 1.82) is 0 Å². The lowest BCUT2D eigenvalue weighted by molar-refractivity contribution is 0.674. The summed E-state index contributed by atoms with van der Waals surface area (Å²) in [5.74, 6) is 0. The van der Waals surface area contributed by atoms with Gasteiger partial charge in [-0.15, -0.1) is 0 Å². The lowest BCUT2D eigenvalue weighted by Gasteiger charge is -2.11. The van der Waals surface area contributed by atoms with E-state index in [1.54, 1.807) is 0 Å². The van der Waals surface area contributed by atoms with Crippen LogP contribution in [-0.2, 0) is 6.54 Å². The van der Waals surface area contributed by atoms with E-state index in [-0.39, 0.29) is 6.04 Å². The number of benzene rings is 1. The van der Waals surface area contributed by atoms with Gasteiger partial charge in [-0.3, -0.25) is 0 Å². The van der Waals surface area contributed by atoms with Crippen LogP contribution in [0.1, 0.15) is 29.8 Å². The van der Waals surface area contributed by atoms with Crippen molar-refractivity contribution in [2.45, 2.75) is 26.4 Å². The Morgan fingerprint density at radius 3 is 2.94 bits per heavy atom. The summed E-state index contributed by atoms with van der Waals surface area (Å²) in [6.45, 7) is 4.91. The number of imidazole rings is 1. The summed E-state index contributed by atoms with van der Waals surface area (Å²) in [6.07, 6.45) is 3.67. The molecule has 2 rings (SSSR count). The Morgan fingerprint density at radius 1 is 1.44 bits per heavy atom. The quantitative estimate of drug-likeness (QED) is 0.853. The molecule has 1 aromatic carbocycles. The number of nitrogens with zero attached hydrogens (tertiary/aromatic N) is 2. The van der Waals surface area contributed by atoms with Crippen LogP contribution in [-0.4, -0.2) is 9.55 Å². The molecule has 0 saturated carbocycles. The van der Waals surface area contributed by atoms with E-state index < -0.39 is 0 Å². The van der Waals surface area contributed by atoms with E-state index in [9.17, 15) is 0 Å². The first-order chi connectivity index (χ1) is 7.66. The highest BCUT2D eigenvalue weighted by Crippen LogP contribution is 2.12. The maximum absolute atomic E-state index is 5.88. The Labute approximate surface area is 95.9 Å². The van der Waals surface area contributed by atoms with Crippen LogP contribution in [0.25, 0.3) is 0 Å². The van der Waals surface area contributed by atoms with Crippen molar-refractivity contribution >= 4 is 0 Å². The summed E-state index contributed by atoms with van der Waals surface area (Å²) in [5.41, 5.74) is 9.51. The van der Waals surface area contributed by atoms with Crippen molar-refractivity contribution in [2.75, 3.05) is 0 Å². The second kappa shape index (κ2) is 4.49. The monoisotopic (exact) mass is 215 g/mol. The van der Waals surface area contributed by atoms with E-state index >= 15 is 0 Å². The van der Waals surface area contributed by atoms with Crippen LogP contribution < -0.4 is 5.73 Å². The largest absolute Gasteiger partial charge is 0.329 e. The highest BCUT2D eigenvalue weighted by Gasteiger charge is 2.06. The van der Waals surface area contributed by atoms with E-state index in [0.717, 1.165) is 12.2 Å². The van der Waals surface area contributed by atoms with Crippen LogP contribution in [0.3, 0.4) is 0 Å². The molecule has 1 unspecified atom stereocenters. The third-order valence-electron chi connectivity index (χ3n) is 2.65. The molecule has 0 aliphatic carbocycles. The molecule has 1 atom stereocenters. The van der Waals surface area contributed by atoms with E-state index in [1.807, 2.05) is 19.4 Å². The minimum Gasteiger partial charge on any atom is -0.329 e. The van der Waals surface area contributed by atoms with Crippen molar-refractivity contribution < 1.29 is 0 Å². The second-order valence-electron chi connectivity index (χ2n) is 4.22. The normalized spacial score (nSPS) is 12.7. The Morgan fingerprint density at radius 2 is 2.25 bits per heavy atom. The number of nitrogens with two attached hydrogens (primary N) is 1. The Hall–Kier alpha value is -1.61. The van der Waals surface area contributed by atoms with Crippen LogP contribution >= 0.6 is 0 Å². The molecule has 0 saturated heterocycles. The molecule has 0 spiro atoms. The average Bonchev–Trinajstić information content (AvgIpc) is 2.66. The molecule has 0 bridgehead atoms. The number of rotatable bonds is 3. The molecule has 3 heteroatoms. The first-order valence-electron chi connectivity index (χ1n) is 5.48. The summed E-state index contributed by atoms with van der Waals surface area (Å²) >= 11 is 0. The summed E-state index contributed by atoms with van der Waals surface area (Å²) in [7, 11) is 0. The van der Waals surface area contributed by atoms with Gasteiger partial charge in [-0.1, -0.05) is 29.8 Å². The molecule has 84 valence electrons. The van der Waals surface area contributed by atoms with Gasteiger partial charge in [-0.25, -0.2) is 4.98 Å². The molecule has 0 aliphatic rings. The number of aryl methyl sites for hydroxylation is 1. The van der Waals surface area contributed by atoms with Gasteiger partial charge in [0.2, 0.25) is 0 Å². The van der Waals surface area contributed by atoms with Crippen molar-refractivity contribution in [2.24, 2.45) is 5.73 Å². The summed E-state index contributed by atoms with van der Waals surface area (Å²) in [6, 6.07) is 8.51. The molecule has 0 radical (unpaired) electrons. The smallest absolute Gasteiger partial charge is 0.0951 e. The second-order valence-corrected chi connectivity index (χ2v) is 4.22. The van der Waals surface area contributed by atoms with Gasteiger partial charge in [-0.2, -0.15) is 0 Å². The fraction of sp³-hybridized carbons (Fsp3) is 0.308. The van der Waals surface area contributed by atoms with Crippen LogP contribution in [0.2, 0.25) is 0 Å². The minimum absolute atomic E-state index is 0.0207. The van der Waals surface area contributed by atoms with Crippen LogP contribution in [0.15, 0.2) is 36.8 Å². The van der Waals surface area contributed by atoms with E-state index in [1.165, 1.54) is 11.1 Å². The summed E-state index contributed by atoms with van der Waals surface area (Å²) in [4.78, 5) is 4.14. The van der Waals surface area contributed by atoms with Gasteiger partial charge in [0.15, 0.2) is 0 Å². The number of hydrogen-bond donors (Lipinski definition) is 1. The van der Waals surface area contributed by atoms with E-state index in [4.69, 9.17) is 5.73 Å². The molecule has 0 amide bonds. The topological polar surface area (TPSA) is 43.8 Å². The van der Waals surface area contributed by atoms with Gasteiger partial charge in [0, 0.05) is 18.8 Å². The van der Waals surface area contributed by atoms with Crippen LogP contribution in [0.5, 0.6) is 0 Å².